The Morgan fingerprint density at radius 3 is 2.17 bits per heavy atom. The minimum Gasteiger partial charge on any atom is -0.354 e. The predicted molar refractivity (Wildman–Crippen MR) is 167 cm³/mol. The quantitative estimate of drug-likeness (QED) is 0.210. The number of halogens is 4. The lowest BCUT2D eigenvalue weighted by atomic mass is 10.1. The fourth-order valence-electron chi connectivity index (χ4n) is 3.98. The van der Waals surface area contributed by atoms with Crippen molar-refractivity contribution < 1.29 is 18.0 Å². The van der Waals surface area contributed by atoms with Crippen LogP contribution in [-0.4, -0.2) is 44.3 Å². The van der Waals surface area contributed by atoms with Crippen molar-refractivity contribution >= 4 is 73.9 Å². The number of hydrogen-bond donors (Lipinski definition) is 1. The molecule has 41 heavy (non-hydrogen) atoms. The predicted octanol–water partition coefficient (Wildman–Crippen LogP) is 7.14. The molecule has 12 heteroatoms. The summed E-state index contributed by atoms with van der Waals surface area (Å²) in [6.45, 7) is 5.12. The number of benzene rings is 3. The number of nitrogens with one attached hydrogen (secondary N) is 1. The molecule has 220 valence electrons. The molecule has 0 spiro atoms. The van der Waals surface area contributed by atoms with Crippen LogP contribution in [0.1, 0.15) is 37.8 Å². The van der Waals surface area contributed by atoms with Gasteiger partial charge in [0.05, 0.1) is 15.6 Å². The van der Waals surface area contributed by atoms with E-state index in [0.717, 1.165) is 22.7 Å². The van der Waals surface area contributed by atoms with Crippen LogP contribution in [0.2, 0.25) is 20.1 Å². The summed E-state index contributed by atoms with van der Waals surface area (Å²) in [6.07, 6.45) is 1.65. The third-order valence-corrected chi connectivity index (χ3v) is 9.33. The second-order valence-corrected chi connectivity index (χ2v) is 13.0. The van der Waals surface area contributed by atoms with Gasteiger partial charge in [0.1, 0.15) is 12.6 Å². The molecule has 0 aromatic heterocycles. The number of carbonyl (C=O) groups excluding carboxylic acids is 2. The van der Waals surface area contributed by atoms with Crippen molar-refractivity contribution in [2.24, 2.45) is 0 Å². The Morgan fingerprint density at radius 2 is 1.54 bits per heavy atom. The highest BCUT2D eigenvalue weighted by Gasteiger charge is 2.33. The molecule has 0 heterocycles. The first-order chi connectivity index (χ1) is 19.3. The van der Waals surface area contributed by atoms with Crippen molar-refractivity contribution in [2.75, 3.05) is 17.4 Å². The summed E-state index contributed by atoms with van der Waals surface area (Å²) < 4.78 is 28.8. The first kappa shape index (κ1) is 33.0. The molecule has 0 aliphatic carbocycles. The minimum absolute atomic E-state index is 0.0256. The summed E-state index contributed by atoms with van der Waals surface area (Å²) in [5.41, 5.74) is 1.42. The summed E-state index contributed by atoms with van der Waals surface area (Å²) in [5.74, 6) is -1.04. The summed E-state index contributed by atoms with van der Waals surface area (Å²) in [6, 6.07) is 14.4. The van der Waals surface area contributed by atoms with E-state index >= 15 is 0 Å². The van der Waals surface area contributed by atoms with Gasteiger partial charge < -0.3 is 10.2 Å². The van der Waals surface area contributed by atoms with E-state index in [2.05, 4.69) is 5.32 Å². The van der Waals surface area contributed by atoms with Gasteiger partial charge in [-0.1, -0.05) is 83.5 Å². The lowest BCUT2D eigenvalue weighted by Crippen LogP contribution is -2.51. The molecule has 1 N–H and O–H groups in total. The molecule has 0 unspecified atom stereocenters. The number of nitrogens with zero attached hydrogens (tertiary/aromatic N) is 2. The summed E-state index contributed by atoms with van der Waals surface area (Å²) in [5, 5.41) is 3.86. The van der Waals surface area contributed by atoms with E-state index in [4.69, 9.17) is 46.4 Å². The standard InChI is InChI=1S/C29H31Cl4N3O4S/c1-4-5-14-34-29(38)20(3)35(17-21-8-9-22(30)15-26(21)33)28(37)18-36(27-16-23(31)10-13-25(27)32)41(39,40)24-11-6-19(2)7-12-24/h6-13,15-16,20H,4-5,14,17-18H2,1-3H3,(H,34,38)/t20-/m0/s1. The van der Waals surface area contributed by atoms with Crippen LogP contribution in [0.3, 0.4) is 0 Å². The number of anilines is 1. The fourth-order valence-corrected chi connectivity index (χ4v) is 6.31. The van der Waals surface area contributed by atoms with Gasteiger partial charge in [-0.2, -0.15) is 0 Å². The molecular weight excluding hydrogens is 628 g/mol. The Labute approximate surface area is 261 Å². The lowest BCUT2D eigenvalue weighted by Gasteiger charge is -2.32. The molecule has 3 rings (SSSR count). The van der Waals surface area contributed by atoms with E-state index in [1.54, 1.807) is 31.2 Å². The van der Waals surface area contributed by atoms with Gasteiger partial charge in [-0.25, -0.2) is 8.42 Å². The number of sulfonamides is 1. The molecule has 7 nitrogen and oxygen atoms in total. The van der Waals surface area contributed by atoms with Crippen molar-refractivity contribution in [3.05, 3.63) is 91.9 Å². The second kappa shape index (κ2) is 14.6. The maximum atomic E-state index is 14.0. The van der Waals surface area contributed by atoms with Crippen LogP contribution in [-0.2, 0) is 26.2 Å². The van der Waals surface area contributed by atoms with Crippen LogP contribution in [0.4, 0.5) is 5.69 Å². The lowest BCUT2D eigenvalue weighted by molar-refractivity contribution is -0.139. The maximum absolute atomic E-state index is 14.0. The third-order valence-electron chi connectivity index (χ3n) is 6.42. The zero-order valence-electron chi connectivity index (χ0n) is 22.8. The Hall–Kier alpha value is -2.49. The van der Waals surface area contributed by atoms with Gasteiger partial charge in [0.15, 0.2) is 0 Å². The van der Waals surface area contributed by atoms with E-state index in [1.807, 2.05) is 13.8 Å². The van der Waals surface area contributed by atoms with Gasteiger partial charge >= 0.3 is 0 Å². The van der Waals surface area contributed by atoms with Gasteiger partial charge in [-0.3, -0.25) is 13.9 Å². The average molecular weight is 659 g/mol. The molecule has 0 aliphatic rings. The summed E-state index contributed by atoms with van der Waals surface area (Å²) in [7, 11) is -4.29. The number of hydrogen-bond acceptors (Lipinski definition) is 4. The molecule has 1 atom stereocenters. The minimum atomic E-state index is -4.29. The maximum Gasteiger partial charge on any atom is 0.264 e. The van der Waals surface area contributed by atoms with Gasteiger partial charge in [0.2, 0.25) is 11.8 Å². The van der Waals surface area contributed by atoms with Crippen LogP contribution in [0.25, 0.3) is 0 Å². The Morgan fingerprint density at radius 1 is 0.902 bits per heavy atom. The molecule has 3 aromatic carbocycles. The molecule has 0 saturated heterocycles. The highest BCUT2D eigenvalue weighted by atomic mass is 35.5. The van der Waals surface area contributed by atoms with E-state index in [-0.39, 0.29) is 33.1 Å². The number of carbonyl (C=O) groups is 2. The first-order valence-electron chi connectivity index (χ1n) is 12.9. The smallest absolute Gasteiger partial charge is 0.264 e. The van der Waals surface area contributed by atoms with E-state index in [0.29, 0.717) is 22.2 Å². The van der Waals surface area contributed by atoms with Gasteiger partial charge in [0.25, 0.3) is 10.0 Å². The monoisotopic (exact) mass is 657 g/mol. The summed E-state index contributed by atoms with van der Waals surface area (Å²) >= 11 is 25.1. The highest BCUT2D eigenvalue weighted by molar-refractivity contribution is 7.92. The number of rotatable bonds is 12. The van der Waals surface area contributed by atoms with E-state index < -0.39 is 28.5 Å². The molecule has 3 aromatic rings. The highest BCUT2D eigenvalue weighted by Crippen LogP contribution is 2.33. The second-order valence-electron chi connectivity index (χ2n) is 9.50. The van der Waals surface area contributed by atoms with Crippen molar-refractivity contribution in [3.8, 4) is 0 Å². The SMILES string of the molecule is CCCCNC(=O)[C@H](C)N(Cc1ccc(Cl)cc1Cl)C(=O)CN(c1cc(Cl)ccc1Cl)S(=O)(=O)c1ccc(C)cc1. The van der Waals surface area contributed by atoms with Crippen LogP contribution in [0.5, 0.6) is 0 Å². The van der Waals surface area contributed by atoms with Crippen LogP contribution >= 0.6 is 46.4 Å². The Bertz CT molecular complexity index is 1500. The Balaban J connectivity index is 2.06. The zero-order valence-corrected chi connectivity index (χ0v) is 26.7. The van der Waals surface area contributed by atoms with Crippen LogP contribution in [0.15, 0.2) is 65.6 Å². The number of amides is 2. The third kappa shape index (κ3) is 8.52. The Kier molecular flexibility index (Phi) is 11.8. The summed E-state index contributed by atoms with van der Waals surface area (Å²) in [4.78, 5) is 28.3. The molecular formula is C29H31Cl4N3O4S. The largest absolute Gasteiger partial charge is 0.354 e. The van der Waals surface area contributed by atoms with Crippen molar-refractivity contribution in [1.29, 1.82) is 0 Å². The average Bonchev–Trinajstić information content (AvgIpc) is 2.92. The molecule has 0 radical (unpaired) electrons. The number of unbranched alkanes of at least 4 members (excludes halogenated alkanes) is 1. The molecule has 0 saturated carbocycles. The molecule has 0 bridgehead atoms. The first-order valence-corrected chi connectivity index (χ1v) is 15.9. The van der Waals surface area contributed by atoms with Gasteiger partial charge in [-0.05, 0) is 68.3 Å². The van der Waals surface area contributed by atoms with Crippen molar-refractivity contribution in [3.63, 3.8) is 0 Å². The fraction of sp³-hybridized carbons (Fsp3) is 0.310. The number of aryl methyl sites for hydroxylation is 1. The topological polar surface area (TPSA) is 86.8 Å². The van der Waals surface area contributed by atoms with Gasteiger partial charge in [-0.15, -0.1) is 0 Å². The van der Waals surface area contributed by atoms with Gasteiger partial charge in [0, 0.05) is 28.2 Å². The van der Waals surface area contributed by atoms with Crippen molar-refractivity contribution in [2.45, 2.75) is 51.1 Å². The zero-order chi connectivity index (χ0) is 30.3. The molecule has 0 fully saturated rings. The molecule has 2 amide bonds. The van der Waals surface area contributed by atoms with Crippen molar-refractivity contribution in [1.82, 2.24) is 10.2 Å². The van der Waals surface area contributed by atoms with Crippen LogP contribution < -0.4 is 9.62 Å². The molecule has 0 aliphatic heterocycles. The van der Waals surface area contributed by atoms with E-state index in [9.17, 15) is 18.0 Å². The van der Waals surface area contributed by atoms with Crippen LogP contribution in [0, 0.1) is 6.92 Å². The van der Waals surface area contributed by atoms with E-state index in [1.165, 1.54) is 41.3 Å². The normalized spacial score (nSPS) is 12.1.